The lowest BCUT2D eigenvalue weighted by atomic mass is 10.1. The van der Waals surface area contributed by atoms with Crippen molar-refractivity contribution in [3.8, 4) is 5.75 Å². The van der Waals surface area contributed by atoms with Crippen molar-refractivity contribution in [3.63, 3.8) is 0 Å². The zero-order valence-corrected chi connectivity index (χ0v) is 15.4. The zero-order chi connectivity index (χ0) is 14.7. The average Bonchev–Trinajstić information content (AvgIpc) is 2.38. The van der Waals surface area contributed by atoms with E-state index in [2.05, 4.69) is 52.8 Å². The summed E-state index contributed by atoms with van der Waals surface area (Å²) in [5.41, 5.74) is 1.63. The monoisotopic (exact) mass is 463 g/mol. The van der Waals surface area contributed by atoms with Crippen LogP contribution in [0.4, 0.5) is 0 Å². The lowest BCUT2D eigenvalue weighted by Crippen LogP contribution is -2.05. The van der Waals surface area contributed by atoms with E-state index in [1.165, 1.54) is 0 Å². The normalized spacial score (nSPS) is 12.2. The van der Waals surface area contributed by atoms with E-state index < -0.39 is 6.10 Å². The molecule has 6 heteroatoms. The molecule has 20 heavy (non-hydrogen) atoms. The first-order valence-electron chi connectivity index (χ1n) is 5.82. The van der Waals surface area contributed by atoms with Gasteiger partial charge in [0.05, 0.1) is 17.3 Å². The minimum Gasteiger partial charge on any atom is -0.496 e. The zero-order valence-electron chi connectivity index (χ0n) is 10.6. The SMILES string of the molecule is COc1ccc(CC(O)c2ncc(Br)cc2Br)cc1Br. The van der Waals surface area contributed by atoms with Crippen LogP contribution in [0, 0.1) is 0 Å². The Labute approximate surface area is 142 Å². The Kier molecular flexibility index (Phi) is 5.60. The molecule has 1 unspecified atom stereocenters. The molecule has 0 aliphatic rings. The number of ether oxygens (including phenoxy) is 1. The number of nitrogens with zero attached hydrogens (tertiary/aromatic N) is 1. The molecule has 2 rings (SSSR count). The van der Waals surface area contributed by atoms with Gasteiger partial charge in [-0.2, -0.15) is 0 Å². The summed E-state index contributed by atoms with van der Waals surface area (Å²) in [5.74, 6) is 0.770. The van der Waals surface area contributed by atoms with Crippen LogP contribution in [0.15, 0.2) is 43.9 Å². The fourth-order valence-electron chi connectivity index (χ4n) is 1.83. The second-order valence-corrected chi connectivity index (χ2v) is 6.83. The van der Waals surface area contributed by atoms with E-state index in [9.17, 15) is 5.11 Å². The van der Waals surface area contributed by atoms with Crippen molar-refractivity contribution in [1.82, 2.24) is 4.98 Å². The molecule has 1 aromatic carbocycles. The largest absolute Gasteiger partial charge is 0.496 e. The number of aromatic nitrogens is 1. The number of rotatable bonds is 4. The van der Waals surface area contributed by atoms with Crippen LogP contribution < -0.4 is 4.74 Å². The van der Waals surface area contributed by atoms with Gasteiger partial charge in [-0.25, -0.2) is 0 Å². The molecule has 0 radical (unpaired) electrons. The van der Waals surface area contributed by atoms with Crippen LogP contribution in [0.1, 0.15) is 17.4 Å². The Morgan fingerprint density at radius 2 is 1.95 bits per heavy atom. The number of hydrogen-bond acceptors (Lipinski definition) is 3. The second-order valence-electron chi connectivity index (χ2n) is 4.21. The average molecular weight is 466 g/mol. The molecule has 0 aliphatic heterocycles. The number of aliphatic hydroxyl groups excluding tert-OH is 1. The van der Waals surface area contributed by atoms with Crippen LogP contribution in [-0.4, -0.2) is 17.2 Å². The van der Waals surface area contributed by atoms with E-state index in [1.807, 2.05) is 24.3 Å². The third kappa shape index (κ3) is 3.81. The Morgan fingerprint density at radius 3 is 2.55 bits per heavy atom. The Morgan fingerprint density at radius 1 is 1.20 bits per heavy atom. The van der Waals surface area contributed by atoms with Crippen molar-refractivity contribution in [1.29, 1.82) is 0 Å². The number of methoxy groups -OCH3 is 1. The van der Waals surface area contributed by atoms with E-state index in [1.54, 1.807) is 13.3 Å². The van der Waals surface area contributed by atoms with Gasteiger partial charge in [-0.05, 0) is 71.6 Å². The van der Waals surface area contributed by atoms with Crippen molar-refractivity contribution in [2.24, 2.45) is 0 Å². The summed E-state index contributed by atoms with van der Waals surface area (Å²) in [6, 6.07) is 7.61. The van der Waals surface area contributed by atoms with Gasteiger partial charge in [0.2, 0.25) is 0 Å². The molecule has 0 bridgehead atoms. The predicted octanol–water partition coefficient (Wildman–Crippen LogP) is 4.65. The maximum Gasteiger partial charge on any atom is 0.133 e. The Bertz CT molecular complexity index is 619. The van der Waals surface area contributed by atoms with Gasteiger partial charge in [0.15, 0.2) is 0 Å². The number of benzene rings is 1. The number of halogens is 3. The van der Waals surface area contributed by atoms with Crippen LogP contribution in [0.25, 0.3) is 0 Å². The quantitative estimate of drug-likeness (QED) is 0.714. The third-order valence-corrected chi connectivity index (χ3v) is 4.49. The molecule has 3 nitrogen and oxygen atoms in total. The topological polar surface area (TPSA) is 42.4 Å². The van der Waals surface area contributed by atoms with E-state index in [0.29, 0.717) is 12.1 Å². The van der Waals surface area contributed by atoms with Crippen molar-refractivity contribution in [2.75, 3.05) is 7.11 Å². The van der Waals surface area contributed by atoms with Crippen molar-refractivity contribution >= 4 is 47.8 Å². The highest BCUT2D eigenvalue weighted by Crippen LogP contribution is 2.30. The van der Waals surface area contributed by atoms with Gasteiger partial charge in [0, 0.05) is 21.6 Å². The fourth-order valence-corrected chi connectivity index (χ4v) is 3.67. The van der Waals surface area contributed by atoms with E-state index in [0.717, 1.165) is 24.7 Å². The van der Waals surface area contributed by atoms with Crippen molar-refractivity contribution in [2.45, 2.75) is 12.5 Å². The Balaban J connectivity index is 2.18. The molecule has 1 heterocycles. The molecule has 0 fully saturated rings. The smallest absolute Gasteiger partial charge is 0.133 e. The lowest BCUT2D eigenvalue weighted by Gasteiger charge is -2.13. The minimum absolute atomic E-state index is 0.482. The van der Waals surface area contributed by atoms with Crippen LogP contribution in [0.5, 0.6) is 5.75 Å². The van der Waals surface area contributed by atoms with Gasteiger partial charge in [-0.1, -0.05) is 6.07 Å². The molecule has 0 aliphatic carbocycles. The highest BCUT2D eigenvalue weighted by molar-refractivity contribution is 9.11. The van der Waals surface area contributed by atoms with Gasteiger partial charge in [-0.15, -0.1) is 0 Å². The maximum atomic E-state index is 10.3. The third-order valence-electron chi connectivity index (χ3n) is 2.80. The number of pyridine rings is 1. The summed E-state index contributed by atoms with van der Waals surface area (Å²) in [6.07, 6.45) is 1.49. The summed E-state index contributed by atoms with van der Waals surface area (Å²) in [5, 5.41) is 10.3. The number of aliphatic hydroxyl groups is 1. The standard InChI is InChI=1S/C14H12Br3NO2/c1-20-13-3-2-8(4-10(13)16)5-12(19)14-11(17)6-9(15)7-18-14/h2-4,6-7,12,19H,5H2,1H3. The van der Waals surface area contributed by atoms with E-state index >= 15 is 0 Å². The molecule has 0 saturated carbocycles. The molecule has 1 atom stereocenters. The van der Waals surface area contributed by atoms with E-state index in [-0.39, 0.29) is 0 Å². The first-order chi connectivity index (χ1) is 9.51. The summed E-state index contributed by atoms with van der Waals surface area (Å²) in [4.78, 5) is 4.25. The highest BCUT2D eigenvalue weighted by Gasteiger charge is 2.15. The predicted molar refractivity (Wildman–Crippen MR) is 89.0 cm³/mol. The fraction of sp³-hybridized carbons (Fsp3) is 0.214. The molecule has 2 aromatic rings. The van der Waals surface area contributed by atoms with Gasteiger partial charge in [0.1, 0.15) is 11.9 Å². The maximum absolute atomic E-state index is 10.3. The van der Waals surface area contributed by atoms with Gasteiger partial charge in [-0.3, -0.25) is 4.98 Å². The minimum atomic E-state index is -0.669. The molecule has 1 aromatic heterocycles. The molecule has 0 spiro atoms. The first-order valence-corrected chi connectivity index (χ1v) is 8.20. The summed E-state index contributed by atoms with van der Waals surface area (Å²) in [7, 11) is 1.62. The van der Waals surface area contributed by atoms with E-state index in [4.69, 9.17) is 4.74 Å². The van der Waals surface area contributed by atoms with Crippen LogP contribution in [0.2, 0.25) is 0 Å². The molecule has 106 valence electrons. The van der Waals surface area contributed by atoms with Crippen molar-refractivity contribution < 1.29 is 9.84 Å². The van der Waals surface area contributed by atoms with Gasteiger partial charge < -0.3 is 9.84 Å². The van der Waals surface area contributed by atoms with Crippen molar-refractivity contribution in [3.05, 3.63) is 55.1 Å². The Hall–Kier alpha value is -0.430. The molecule has 1 N–H and O–H groups in total. The second kappa shape index (κ2) is 7.02. The highest BCUT2D eigenvalue weighted by atomic mass is 79.9. The van der Waals surface area contributed by atoms with Gasteiger partial charge in [0.25, 0.3) is 0 Å². The summed E-state index contributed by atoms with van der Waals surface area (Å²) >= 11 is 10.2. The molecular weight excluding hydrogens is 454 g/mol. The summed E-state index contributed by atoms with van der Waals surface area (Å²) in [6.45, 7) is 0. The molecule has 0 amide bonds. The first kappa shape index (κ1) is 15.9. The lowest BCUT2D eigenvalue weighted by molar-refractivity contribution is 0.172. The van der Waals surface area contributed by atoms with Gasteiger partial charge >= 0.3 is 0 Å². The molecule has 0 saturated heterocycles. The molecular formula is C14H12Br3NO2. The number of hydrogen-bond donors (Lipinski definition) is 1. The van der Waals surface area contributed by atoms with Crippen LogP contribution >= 0.6 is 47.8 Å². The summed E-state index contributed by atoms with van der Waals surface area (Å²) < 4.78 is 7.71. The van der Waals surface area contributed by atoms with Crippen LogP contribution in [-0.2, 0) is 6.42 Å². The van der Waals surface area contributed by atoms with Crippen LogP contribution in [0.3, 0.4) is 0 Å².